The summed E-state index contributed by atoms with van der Waals surface area (Å²) in [7, 11) is 0. The van der Waals surface area contributed by atoms with Gasteiger partial charge in [0.2, 0.25) is 0 Å². The number of pyridine rings is 1. The van der Waals surface area contributed by atoms with E-state index in [9.17, 15) is 4.79 Å². The Morgan fingerprint density at radius 1 is 1.24 bits per heavy atom. The third-order valence-electron chi connectivity index (χ3n) is 5.00. The molecule has 1 aliphatic rings. The largest absolute Gasteiger partial charge is 0.332 e. The Morgan fingerprint density at radius 3 is 2.88 bits per heavy atom. The summed E-state index contributed by atoms with van der Waals surface area (Å²) in [5, 5.41) is 6.53. The number of carbonyl (C=O) groups is 1. The van der Waals surface area contributed by atoms with Crippen LogP contribution >= 0.6 is 0 Å². The SMILES string of the molecule is Cc1cc(C)n(CC2CCCN2C(=O)c2nccc3ccccc23)n1. The maximum absolute atomic E-state index is 13.2. The highest BCUT2D eigenvalue weighted by Gasteiger charge is 2.31. The third-order valence-corrected chi connectivity index (χ3v) is 5.00. The van der Waals surface area contributed by atoms with E-state index in [2.05, 4.69) is 23.1 Å². The normalized spacial score (nSPS) is 17.4. The lowest BCUT2D eigenvalue weighted by atomic mass is 10.1. The first-order chi connectivity index (χ1) is 12.1. The van der Waals surface area contributed by atoms with Gasteiger partial charge in [0, 0.05) is 23.8 Å². The summed E-state index contributed by atoms with van der Waals surface area (Å²) in [5.74, 6) is 0.0285. The van der Waals surface area contributed by atoms with Crippen LogP contribution < -0.4 is 0 Å². The Bertz CT molecular complexity index is 925. The van der Waals surface area contributed by atoms with Crippen LogP contribution in [-0.4, -0.2) is 38.2 Å². The second-order valence-electron chi connectivity index (χ2n) is 6.78. The summed E-state index contributed by atoms with van der Waals surface area (Å²) < 4.78 is 2.02. The van der Waals surface area contributed by atoms with Crippen LogP contribution in [0.4, 0.5) is 0 Å². The molecule has 1 aromatic carbocycles. The number of hydrogen-bond donors (Lipinski definition) is 0. The van der Waals surface area contributed by atoms with E-state index in [0.717, 1.165) is 48.1 Å². The Balaban J connectivity index is 1.63. The van der Waals surface area contributed by atoms with Crippen molar-refractivity contribution >= 4 is 16.7 Å². The van der Waals surface area contributed by atoms with Crippen molar-refractivity contribution < 1.29 is 4.79 Å². The minimum Gasteiger partial charge on any atom is -0.332 e. The van der Waals surface area contributed by atoms with Gasteiger partial charge < -0.3 is 4.90 Å². The Kier molecular flexibility index (Phi) is 3.99. The lowest BCUT2D eigenvalue weighted by molar-refractivity contribution is 0.0717. The molecule has 0 spiro atoms. The number of carbonyl (C=O) groups excluding carboxylic acids is 1. The summed E-state index contributed by atoms with van der Waals surface area (Å²) in [6.45, 7) is 5.60. The second kappa shape index (κ2) is 6.31. The van der Waals surface area contributed by atoms with E-state index >= 15 is 0 Å². The molecular formula is C20H22N4O. The van der Waals surface area contributed by atoms with Crippen molar-refractivity contribution in [1.82, 2.24) is 19.7 Å². The molecule has 25 heavy (non-hydrogen) atoms. The van der Waals surface area contributed by atoms with Crippen LogP contribution in [0.1, 0.15) is 34.7 Å². The first-order valence-corrected chi connectivity index (χ1v) is 8.79. The molecule has 0 N–H and O–H groups in total. The van der Waals surface area contributed by atoms with Crippen molar-refractivity contribution in [3.8, 4) is 0 Å². The number of fused-ring (bicyclic) bond motifs is 1. The van der Waals surface area contributed by atoms with Gasteiger partial charge in [-0.2, -0.15) is 5.10 Å². The first-order valence-electron chi connectivity index (χ1n) is 8.79. The first kappa shape index (κ1) is 15.8. The van der Waals surface area contributed by atoms with Crippen molar-refractivity contribution in [1.29, 1.82) is 0 Å². The molecule has 128 valence electrons. The monoisotopic (exact) mass is 334 g/mol. The van der Waals surface area contributed by atoms with E-state index in [1.807, 2.05) is 46.8 Å². The molecule has 0 radical (unpaired) electrons. The lowest BCUT2D eigenvalue weighted by Crippen LogP contribution is -2.39. The molecule has 3 aromatic rings. The molecule has 1 atom stereocenters. The van der Waals surface area contributed by atoms with Crippen molar-refractivity contribution in [2.24, 2.45) is 0 Å². The molecule has 1 unspecified atom stereocenters. The highest BCUT2D eigenvalue weighted by molar-refractivity contribution is 6.05. The fraction of sp³-hybridized carbons (Fsp3) is 0.350. The summed E-state index contributed by atoms with van der Waals surface area (Å²) in [6, 6.07) is 12.1. The molecule has 1 fully saturated rings. The minimum atomic E-state index is 0.0285. The van der Waals surface area contributed by atoms with Gasteiger partial charge in [-0.25, -0.2) is 0 Å². The van der Waals surface area contributed by atoms with E-state index in [1.165, 1.54) is 0 Å². The Hall–Kier alpha value is -2.69. The number of aryl methyl sites for hydroxylation is 2. The number of rotatable bonds is 3. The average molecular weight is 334 g/mol. The van der Waals surface area contributed by atoms with Crippen LogP contribution in [0, 0.1) is 13.8 Å². The van der Waals surface area contributed by atoms with Gasteiger partial charge in [0.15, 0.2) is 0 Å². The van der Waals surface area contributed by atoms with Crippen molar-refractivity contribution in [3.63, 3.8) is 0 Å². The van der Waals surface area contributed by atoms with Crippen molar-refractivity contribution in [3.05, 3.63) is 59.7 Å². The van der Waals surface area contributed by atoms with Crippen LogP contribution in [0.5, 0.6) is 0 Å². The van der Waals surface area contributed by atoms with Crippen molar-refractivity contribution in [2.45, 2.75) is 39.3 Å². The van der Waals surface area contributed by atoms with E-state index < -0.39 is 0 Å². The fourth-order valence-corrected chi connectivity index (χ4v) is 3.78. The molecule has 2 aromatic heterocycles. The second-order valence-corrected chi connectivity index (χ2v) is 6.78. The average Bonchev–Trinajstić information content (AvgIpc) is 3.20. The zero-order valence-corrected chi connectivity index (χ0v) is 14.6. The van der Waals surface area contributed by atoms with Crippen LogP contribution in [0.3, 0.4) is 0 Å². The minimum absolute atomic E-state index is 0.0285. The molecule has 1 amide bonds. The summed E-state index contributed by atoms with van der Waals surface area (Å²) in [6.07, 6.45) is 3.76. The van der Waals surface area contributed by atoms with Gasteiger partial charge in [-0.05, 0) is 44.2 Å². The standard InChI is InChI=1S/C20H22N4O/c1-14-12-15(2)24(22-14)13-17-7-5-11-23(17)20(25)19-18-8-4-3-6-16(18)9-10-21-19/h3-4,6,8-10,12,17H,5,7,11,13H2,1-2H3. The molecular weight excluding hydrogens is 312 g/mol. The van der Waals surface area contributed by atoms with Crippen LogP contribution in [0.15, 0.2) is 42.6 Å². The molecule has 1 saturated heterocycles. The molecule has 4 rings (SSSR count). The lowest BCUT2D eigenvalue weighted by Gasteiger charge is -2.25. The Labute approximate surface area is 147 Å². The number of aromatic nitrogens is 3. The number of hydrogen-bond acceptors (Lipinski definition) is 3. The molecule has 5 heteroatoms. The van der Waals surface area contributed by atoms with Gasteiger partial charge in [-0.3, -0.25) is 14.5 Å². The number of nitrogens with zero attached hydrogens (tertiary/aromatic N) is 4. The van der Waals surface area contributed by atoms with E-state index in [1.54, 1.807) is 6.20 Å². The summed E-state index contributed by atoms with van der Waals surface area (Å²) in [5.41, 5.74) is 2.71. The molecule has 0 saturated carbocycles. The molecule has 3 heterocycles. The van der Waals surface area contributed by atoms with Gasteiger partial charge in [-0.15, -0.1) is 0 Å². The molecule has 1 aliphatic heterocycles. The van der Waals surface area contributed by atoms with Gasteiger partial charge in [0.1, 0.15) is 5.69 Å². The predicted molar refractivity (Wildman–Crippen MR) is 97.5 cm³/mol. The number of amides is 1. The zero-order valence-electron chi connectivity index (χ0n) is 14.6. The maximum atomic E-state index is 13.2. The third kappa shape index (κ3) is 2.90. The molecule has 0 bridgehead atoms. The Morgan fingerprint density at radius 2 is 2.08 bits per heavy atom. The van der Waals surface area contributed by atoms with Crippen LogP contribution in [0.25, 0.3) is 10.8 Å². The summed E-state index contributed by atoms with van der Waals surface area (Å²) >= 11 is 0. The smallest absolute Gasteiger partial charge is 0.273 e. The number of likely N-dealkylation sites (tertiary alicyclic amines) is 1. The van der Waals surface area contributed by atoms with Crippen molar-refractivity contribution in [2.75, 3.05) is 6.54 Å². The predicted octanol–water partition coefficient (Wildman–Crippen LogP) is 3.35. The van der Waals surface area contributed by atoms with Gasteiger partial charge in [0.25, 0.3) is 5.91 Å². The van der Waals surface area contributed by atoms with Crippen LogP contribution in [-0.2, 0) is 6.54 Å². The van der Waals surface area contributed by atoms with E-state index in [0.29, 0.717) is 5.69 Å². The fourth-order valence-electron chi connectivity index (χ4n) is 3.78. The number of benzene rings is 1. The van der Waals surface area contributed by atoms with Gasteiger partial charge in [0.05, 0.1) is 18.3 Å². The van der Waals surface area contributed by atoms with Gasteiger partial charge >= 0.3 is 0 Å². The maximum Gasteiger partial charge on any atom is 0.273 e. The van der Waals surface area contributed by atoms with Crippen LogP contribution in [0.2, 0.25) is 0 Å². The quantitative estimate of drug-likeness (QED) is 0.738. The van der Waals surface area contributed by atoms with Gasteiger partial charge in [-0.1, -0.05) is 24.3 Å². The molecule has 5 nitrogen and oxygen atoms in total. The highest BCUT2D eigenvalue weighted by atomic mass is 16.2. The van der Waals surface area contributed by atoms with E-state index in [-0.39, 0.29) is 11.9 Å². The highest BCUT2D eigenvalue weighted by Crippen LogP contribution is 2.24. The van der Waals surface area contributed by atoms with E-state index in [4.69, 9.17) is 0 Å². The zero-order chi connectivity index (χ0) is 17.4. The topological polar surface area (TPSA) is 51.0 Å². The summed E-state index contributed by atoms with van der Waals surface area (Å²) in [4.78, 5) is 19.6. The molecule has 0 aliphatic carbocycles.